The highest BCUT2D eigenvalue weighted by Crippen LogP contribution is 2.42. The Bertz CT molecular complexity index is 368. The van der Waals surface area contributed by atoms with E-state index >= 15 is 0 Å². The van der Waals surface area contributed by atoms with Crippen molar-refractivity contribution in [3.05, 3.63) is 0 Å². The van der Waals surface area contributed by atoms with Crippen LogP contribution in [0.15, 0.2) is 0 Å². The van der Waals surface area contributed by atoms with Gasteiger partial charge >= 0.3 is 6.18 Å². The molecule has 1 heterocycles. The Labute approximate surface area is 122 Å². The van der Waals surface area contributed by atoms with Gasteiger partial charge < -0.3 is 14.8 Å². The lowest BCUT2D eigenvalue weighted by Gasteiger charge is -2.46. The number of ether oxygens (including phenoxy) is 2. The first kappa shape index (κ1) is 15.5. The van der Waals surface area contributed by atoms with E-state index in [-0.39, 0.29) is 18.1 Å². The third-order valence-corrected chi connectivity index (χ3v) is 4.81. The second-order valence-electron chi connectivity index (χ2n) is 6.33. The molecule has 21 heavy (non-hydrogen) atoms. The van der Waals surface area contributed by atoms with Gasteiger partial charge in [-0.3, -0.25) is 4.90 Å². The molecule has 0 aromatic heterocycles. The van der Waals surface area contributed by atoms with Crippen LogP contribution in [0.1, 0.15) is 32.1 Å². The number of nitrogens with zero attached hydrogens (tertiary/aromatic N) is 1. The van der Waals surface area contributed by atoms with Crippen LogP contribution in [-0.2, 0) is 9.47 Å². The number of rotatable bonds is 4. The lowest BCUT2D eigenvalue weighted by molar-refractivity contribution is -0.205. The van der Waals surface area contributed by atoms with Crippen LogP contribution in [0.4, 0.5) is 13.2 Å². The highest BCUT2D eigenvalue weighted by Gasteiger charge is 2.50. The summed E-state index contributed by atoms with van der Waals surface area (Å²) in [7, 11) is 1.82. The summed E-state index contributed by atoms with van der Waals surface area (Å²) in [5.41, 5.74) is 0. The Morgan fingerprint density at radius 3 is 2.38 bits per heavy atom. The van der Waals surface area contributed by atoms with Gasteiger partial charge in [-0.05, 0) is 26.3 Å². The highest BCUT2D eigenvalue weighted by atomic mass is 19.4. The molecule has 2 unspecified atom stereocenters. The molecule has 0 amide bonds. The molecule has 2 aliphatic carbocycles. The van der Waals surface area contributed by atoms with Gasteiger partial charge in [-0.1, -0.05) is 0 Å². The molecule has 3 aliphatic rings. The monoisotopic (exact) mass is 308 g/mol. The highest BCUT2D eigenvalue weighted by molar-refractivity contribution is 5.00. The SMILES string of the molecule is CNC1CCC2(CC1N(CC(F)(F)F)C1CC1)OCCO2. The zero-order chi connectivity index (χ0) is 15.1. The number of likely N-dealkylation sites (N-methyl/N-ethyl adjacent to an activating group) is 1. The smallest absolute Gasteiger partial charge is 0.347 e. The van der Waals surface area contributed by atoms with Gasteiger partial charge in [-0.2, -0.15) is 13.2 Å². The van der Waals surface area contributed by atoms with Crippen molar-refractivity contribution in [3.8, 4) is 0 Å². The maximum Gasteiger partial charge on any atom is 0.401 e. The van der Waals surface area contributed by atoms with Crippen LogP contribution in [0.25, 0.3) is 0 Å². The zero-order valence-electron chi connectivity index (χ0n) is 12.3. The van der Waals surface area contributed by atoms with E-state index in [1.807, 2.05) is 7.05 Å². The topological polar surface area (TPSA) is 33.7 Å². The van der Waals surface area contributed by atoms with Gasteiger partial charge in [0.05, 0.1) is 19.8 Å². The molecule has 3 rings (SSSR count). The molecule has 0 radical (unpaired) electrons. The van der Waals surface area contributed by atoms with Gasteiger partial charge in [-0.25, -0.2) is 0 Å². The van der Waals surface area contributed by atoms with Crippen molar-refractivity contribution in [3.63, 3.8) is 0 Å². The minimum absolute atomic E-state index is 0.0593. The van der Waals surface area contributed by atoms with E-state index in [2.05, 4.69) is 5.32 Å². The van der Waals surface area contributed by atoms with Crippen molar-refractivity contribution in [1.82, 2.24) is 10.2 Å². The molecule has 122 valence electrons. The summed E-state index contributed by atoms with van der Waals surface area (Å²) in [6.07, 6.45) is -0.398. The normalized spacial score (nSPS) is 33.0. The van der Waals surface area contributed by atoms with Crippen LogP contribution < -0.4 is 5.32 Å². The molecule has 1 aliphatic heterocycles. The van der Waals surface area contributed by atoms with Crippen molar-refractivity contribution >= 4 is 0 Å². The van der Waals surface area contributed by atoms with Crippen molar-refractivity contribution in [2.24, 2.45) is 0 Å². The van der Waals surface area contributed by atoms with Gasteiger partial charge in [-0.15, -0.1) is 0 Å². The lowest BCUT2D eigenvalue weighted by Crippen LogP contribution is -2.59. The second-order valence-corrected chi connectivity index (χ2v) is 6.33. The summed E-state index contributed by atoms with van der Waals surface area (Å²) in [5.74, 6) is -0.656. The lowest BCUT2D eigenvalue weighted by atomic mass is 9.84. The number of nitrogens with one attached hydrogen (secondary N) is 1. The fourth-order valence-corrected chi connectivity index (χ4v) is 3.71. The van der Waals surface area contributed by atoms with E-state index in [0.717, 1.165) is 25.7 Å². The average molecular weight is 308 g/mol. The Kier molecular flexibility index (Phi) is 4.20. The van der Waals surface area contributed by atoms with Crippen LogP contribution in [0, 0.1) is 0 Å². The zero-order valence-corrected chi connectivity index (χ0v) is 12.3. The first-order chi connectivity index (χ1) is 9.92. The molecule has 2 atom stereocenters. The van der Waals surface area contributed by atoms with E-state index in [4.69, 9.17) is 9.47 Å². The van der Waals surface area contributed by atoms with E-state index < -0.39 is 18.5 Å². The number of halogens is 3. The van der Waals surface area contributed by atoms with E-state index in [1.165, 1.54) is 0 Å². The van der Waals surface area contributed by atoms with Crippen molar-refractivity contribution in [1.29, 1.82) is 0 Å². The minimum Gasteiger partial charge on any atom is -0.347 e. The Morgan fingerprint density at radius 1 is 1.19 bits per heavy atom. The van der Waals surface area contributed by atoms with Gasteiger partial charge in [0.25, 0.3) is 0 Å². The van der Waals surface area contributed by atoms with Crippen molar-refractivity contribution in [2.45, 2.75) is 62.2 Å². The van der Waals surface area contributed by atoms with Crippen molar-refractivity contribution < 1.29 is 22.6 Å². The third-order valence-electron chi connectivity index (χ3n) is 4.81. The first-order valence-corrected chi connectivity index (χ1v) is 7.70. The average Bonchev–Trinajstić information content (AvgIpc) is 3.17. The molecule has 0 bridgehead atoms. The van der Waals surface area contributed by atoms with Gasteiger partial charge in [0.2, 0.25) is 0 Å². The predicted molar refractivity (Wildman–Crippen MR) is 70.9 cm³/mol. The summed E-state index contributed by atoms with van der Waals surface area (Å²) in [6.45, 7) is 0.246. The van der Waals surface area contributed by atoms with E-state index in [1.54, 1.807) is 4.90 Å². The van der Waals surface area contributed by atoms with Gasteiger partial charge in [0.1, 0.15) is 0 Å². The Morgan fingerprint density at radius 2 is 1.86 bits per heavy atom. The number of hydrogen-bond acceptors (Lipinski definition) is 4. The molecule has 7 heteroatoms. The largest absolute Gasteiger partial charge is 0.401 e. The summed E-state index contributed by atoms with van der Waals surface area (Å²) >= 11 is 0. The van der Waals surface area contributed by atoms with Crippen LogP contribution >= 0.6 is 0 Å². The quantitative estimate of drug-likeness (QED) is 0.860. The Hall–Kier alpha value is -0.370. The fraction of sp³-hybridized carbons (Fsp3) is 1.00. The summed E-state index contributed by atoms with van der Waals surface area (Å²) in [4.78, 5) is 1.63. The van der Waals surface area contributed by atoms with Crippen LogP contribution in [0.2, 0.25) is 0 Å². The Balaban J connectivity index is 1.76. The van der Waals surface area contributed by atoms with E-state index in [9.17, 15) is 13.2 Å². The molecule has 2 saturated carbocycles. The molecule has 3 fully saturated rings. The molecule has 1 spiro atoms. The molecule has 0 aromatic rings. The van der Waals surface area contributed by atoms with Gasteiger partial charge in [0, 0.05) is 31.0 Å². The maximum absolute atomic E-state index is 12.9. The second kappa shape index (κ2) is 5.68. The predicted octanol–water partition coefficient (Wildman–Crippen LogP) is 1.90. The minimum atomic E-state index is -4.16. The fourth-order valence-electron chi connectivity index (χ4n) is 3.71. The molecule has 1 saturated heterocycles. The van der Waals surface area contributed by atoms with E-state index in [0.29, 0.717) is 19.6 Å². The third kappa shape index (κ3) is 3.52. The molecule has 0 aromatic carbocycles. The standard InChI is InChI=1S/C14H23F3N2O2/c1-18-11-4-5-13(20-6-7-21-13)8-12(11)19(10-2-3-10)9-14(15,16)17/h10-12,18H,2-9H2,1H3. The summed E-state index contributed by atoms with van der Waals surface area (Å²) < 4.78 is 50.2. The van der Waals surface area contributed by atoms with Gasteiger partial charge in [0.15, 0.2) is 5.79 Å². The van der Waals surface area contributed by atoms with Crippen LogP contribution in [0.3, 0.4) is 0 Å². The van der Waals surface area contributed by atoms with Crippen LogP contribution in [0.5, 0.6) is 0 Å². The summed E-state index contributed by atoms with van der Waals surface area (Å²) in [5, 5.41) is 3.19. The molecule has 4 nitrogen and oxygen atoms in total. The number of hydrogen-bond donors (Lipinski definition) is 1. The summed E-state index contributed by atoms with van der Waals surface area (Å²) in [6, 6.07) is -0.0635. The molecule has 1 N–H and O–H groups in total. The first-order valence-electron chi connectivity index (χ1n) is 7.70. The van der Waals surface area contributed by atoms with Crippen molar-refractivity contribution in [2.75, 3.05) is 26.8 Å². The maximum atomic E-state index is 12.9. The molecular weight excluding hydrogens is 285 g/mol. The van der Waals surface area contributed by atoms with Crippen LogP contribution in [-0.4, -0.2) is 61.8 Å². The molecular formula is C14H23F3N2O2. The number of alkyl halides is 3.